The van der Waals surface area contributed by atoms with E-state index in [1.54, 1.807) is 31.0 Å². The zero-order chi connectivity index (χ0) is 16.3. The number of benzene rings is 1. The lowest BCUT2D eigenvalue weighted by Gasteiger charge is -2.18. The molecule has 7 heteroatoms. The molecule has 22 heavy (non-hydrogen) atoms. The van der Waals surface area contributed by atoms with E-state index in [9.17, 15) is 13.6 Å². The number of hydrogen-bond donors (Lipinski definition) is 2. The standard InChI is InChI=1S/C15H18F2N4O/c1-9(11-7-18-21(3)8-11)19-15(22)20-10(2)13-5-4-12(16)6-14(13)17/h4-10H,1-3H3,(H2,19,20,22). The Bertz CT molecular complexity index is 671. The Labute approximate surface area is 127 Å². The van der Waals surface area contributed by atoms with E-state index < -0.39 is 23.7 Å². The molecule has 0 aliphatic rings. The highest BCUT2D eigenvalue weighted by Gasteiger charge is 2.16. The number of hydrogen-bond acceptors (Lipinski definition) is 2. The quantitative estimate of drug-likeness (QED) is 0.912. The molecule has 2 rings (SSSR count). The van der Waals surface area contributed by atoms with Crippen LogP contribution in [0.4, 0.5) is 13.6 Å². The molecule has 0 fully saturated rings. The Kier molecular flexibility index (Phi) is 4.75. The van der Waals surface area contributed by atoms with E-state index in [4.69, 9.17) is 0 Å². The summed E-state index contributed by atoms with van der Waals surface area (Å²) in [5.74, 6) is -1.34. The number of carbonyl (C=O) groups is 1. The summed E-state index contributed by atoms with van der Waals surface area (Å²) in [6, 6.07) is 2.02. The number of nitrogens with one attached hydrogen (secondary N) is 2. The topological polar surface area (TPSA) is 59.0 Å². The van der Waals surface area contributed by atoms with Crippen LogP contribution in [0.2, 0.25) is 0 Å². The summed E-state index contributed by atoms with van der Waals surface area (Å²) in [6.45, 7) is 3.45. The van der Waals surface area contributed by atoms with Gasteiger partial charge >= 0.3 is 6.03 Å². The predicted molar refractivity (Wildman–Crippen MR) is 78.1 cm³/mol. The molecule has 1 aromatic carbocycles. The lowest BCUT2D eigenvalue weighted by molar-refractivity contribution is 0.234. The first-order chi connectivity index (χ1) is 10.4. The highest BCUT2D eigenvalue weighted by atomic mass is 19.1. The number of aromatic nitrogens is 2. The van der Waals surface area contributed by atoms with E-state index in [1.165, 1.54) is 6.07 Å². The van der Waals surface area contributed by atoms with Gasteiger partial charge in [0.05, 0.1) is 18.3 Å². The Morgan fingerprint density at radius 2 is 1.91 bits per heavy atom. The Morgan fingerprint density at radius 1 is 1.23 bits per heavy atom. The summed E-state index contributed by atoms with van der Waals surface area (Å²) in [7, 11) is 1.79. The van der Waals surface area contributed by atoms with Gasteiger partial charge in [-0.15, -0.1) is 0 Å². The molecule has 1 aromatic heterocycles. The number of amides is 2. The van der Waals surface area contributed by atoms with Gasteiger partial charge in [-0.3, -0.25) is 4.68 Å². The van der Waals surface area contributed by atoms with Gasteiger partial charge in [-0.1, -0.05) is 6.07 Å². The van der Waals surface area contributed by atoms with E-state index in [0.717, 1.165) is 17.7 Å². The van der Waals surface area contributed by atoms with Crippen molar-refractivity contribution in [1.82, 2.24) is 20.4 Å². The van der Waals surface area contributed by atoms with E-state index in [2.05, 4.69) is 15.7 Å². The van der Waals surface area contributed by atoms with Crippen LogP contribution in [0, 0.1) is 11.6 Å². The lowest BCUT2D eigenvalue weighted by atomic mass is 10.1. The Balaban J connectivity index is 1.96. The molecule has 2 N–H and O–H groups in total. The van der Waals surface area contributed by atoms with E-state index in [0.29, 0.717) is 0 Å². The van der Waals surface area contributed by atoms with Gasteiger partial charge in [0.2, 0.25) is 0 Å². The lowest BCUT2D eigenvalue weighted by Crippen LogP contribution is -2.38. The van der Waals surface area contributed by atoms with Gasteiger partial charge in [0.1, 0.15) is 11.6 Å². The maximum absolute atomic E-state index is 13.7. The van der Waals surface area contributed by atoms with Gasteiger partial charge in [0, 0.05) is 30.4 Å². The SMILES string of the molecule is CC(NC(=O)NC(C)c1ccc(F)cc1F)c1cnn(C)c1. The monoisotopic (exact) mass is 308 g/mol. The van der Waals surface area contributed by atoms with Gasteiger partial charge in [-0.25, -0.2) is 13.6 Å². The minimum Gasteiger partial charge on any atom is -0.332 e. The molecule has 0 aliphatic carbocycles. The zero-order valence-corrected chi connectivity index (χ0v) is 12.6. The van der Waals surface area contributed by atoms with Crippen molar-refractivity contribution < 1.29 is 13.6 Å². The normalized spacial score (nSPS) is 13.5. The zero-order valence-electron chi connectivity index (χ0n) is 12.6. The Morgan fingerprint density at radius 3 is 2.50 bits per heavy atom. The number of halogens is 2. The summed E-state index contributed by atoms with van der Waals surface area (Å²) < 4.78 is 28.2. The van der Waals surface area contributed by atoms with Gasteiger partial charge in [0.25, 0.3) is 0 Å². The molecule has 2 amide bonds. The van der Waals surface area contributed by atoms with Crippen LogP contribution in [0.25, 0.3) is 0 Å². The van der Waals surface area contributed by atoms with Gasteiger partial charge in [-0.05, 0) is 19.9 Å². The molecule has 2 unspecified atom stereocenters. The number of nitrogens with zero attached hydrogens (tertiary/aromatic N) is 2. The highest BCUT2D eigenvalue weighted by Crippen LogP contribution is 2.18. The van der Waals surface area contributed by atoms with Gasteiger partial charge < -0.3 is 10.6 Å². The fourth-order valence-electron chi connectivity index (χ4n) is 2.11. The molecule has 118 valence electrons. The second-order valence-electron chi connectivity index (χ2n) is 5.17. The largest absolute Gasteiger partial charge is 0.332 e. The second kappa shape index (κ2) is 6.55. The summed E-state index contributed by atoms with van der Waals surface area (Å²) in [6.07, 6.45) is 3.46. The van der Waals surface area contributed by atoms with Gasteiger partial charge in [-0.2, -0.15) is 5.10 Å². The summed E-state index contributed by atoms with van der Waals surface area (Å²) in [5, 5.41) is 9.40. The first-order valence-electron chi connectivity index (χ1n) is 6.87. The third-order valence-electron chi connectivity index (χ3n) is 3.35. The fraction of sp³-hybridized carbons (Fsp3) is 0.333. The molecule has 0 aliphatic heterocycles. The highest BCUT2D eigenvalue weighted by molar-refractivity contribution is 5.74. The van der Waals surface area contributed by atoms with E-state index >= 15 is 0 Å². The number of aryl methyl sites for hydroxylation is 1. The van der Waals surface area contributed by atoms with Crippen LogP contribution in [-0.4, -0.2) is 15.8 Å². The van der Waals surface area contributed by atoms with Crippen LogP contribution in [0.3, 0.4) is 0 Å². The molecule has 1 heterocycles. The smallest absolute Gasteiger partial charge is 0.315 e. The van der Waals surface area contributed by atoms with Crippen molar-refractivity contribution in [1.29, 1.82) is 0 Å². The average molecular weight is 308 g/mol. The van der Waals surface area contributed by atoms with Crippen molar-refractivity contribution in [3.8, 4) is 0 Å². The third kappa shape index (κ3) is 3.81. The van der Waals surface area contributed by atoms with Crippen molar-refractivity contribution in [3.05, 3.63) is 53.4 Å². The maximum Gasteiger partial charge on any atom is 0.315 e. The number of carbonyl (C=O) groups excluding carboxylic acids is 1. The number of rotatable bonds is 4. The molecule has 2 aromatic rings. The van der Waals surface area contributed by atoms with Gasteiger partial charge in [0.15, 0.2) is 0 Å². The molecule has 0 saturated carbocycles. The molecule has 5 nitrogen and oxygen atoms in total. The van der Waals surface area contributed by atoms with E-state index in [1.807, 2.05) is 6.92 Å². The maximum atomic E-state index is 13.7. The first-order valence-corrected chi connectivity index (χ1v) is 6.87. The minimum absolute atomic E-state index is 0.227. The molecular formula is C15H18F2N4O. The van der Waals surface area contributed by atoms with Crippen LogP contribution >= 0.6 is 0 Å². The molecule has 2 atom stereocenters. The summed E-state index contributed by atoms with van der Waals surface area (Å²) in [5.41, 5.74) is 1.09. The average Bonchev–Trinajstić information content (AvgIpc) is 2.85. The van der Waals surface area contributed by atoms with Crippen LogP contribution < -0.4 is 10.6 Å². The fourth-order valence-corrected chi connectivity index (χ4v) is 2.11. The van der Waals surface area contributed by atoms with Crippen molar-refractivity contribution in [2.24, 2.45) is 7.05 Å². The summed E-state index contributed by atoms with van der Waals surface area (Å²) >= 11 is 0. The van der Waals surface area contributed by atoms with Crippen LogP contribution in [0.5, 0.6) is 0 Å². The second-order valence-corrected chi connectivity index (χ2v) is 5.17. The Hall–Kier alpha value is -2.44. The van der Waals surface area contributed by atoms with Crippen LogP contribution in [-0.2, 0) is 7.05 Å². The van der Waals surface area contributed by atoms with Crippen molar-refractivity contribution in [3.63, 3.8) is 0 Å². The third-order valence-corrected chi connectivity index (χ3v) is 3.35. The molecular weight excluding hydrogens is 290 g/mol. The van der Waals surface area contributed by atoms with Crippen LogP contribution in [0.15, 0.2) is 30.6 Å². The molecule has 0 spiro atoms. The van der Waals surface area contributed by atoms with Crippen molar-refractivity contribution >= 4 is 6.03 Å². The predicted octanol–water partition coefficient (Wildman–Crippen LogP) is 2.82. The molecule has 0 radical (unpaired) electrons. The first kappa shape index (κ1) is 15.9. The molecule has 0 saturated heterocycles. The van der Waals surface area contributed by atoms with Crippen molar-refractivity contribution in [2.45, 2.75) is 25.9 Å². The van der Waals surface area contributed by atoms with Crippen LogP contribution in [0.1, 0.15) is 37.1 Å². The number of urea groups is 1. The summed E-state index contributed by atoms with van der Waals surface area (Å²) in [4.78, 5) is 11.9. The van der Waals surface area contributed by atoms with Crippen molar-refractivity contribution in [2.75, 3.05) is 0 Å². The minimum atomic E-state index is -0.687. The van der Waals surface area contributed by atoms with E-state index in [-0.39, 0.29) is 11.6 Å². The molecule has 0 bridgehead atoms.